The van der Waals surface area contributed by atoms with Gasteiger partial charge in [-0.3, -0.25) is 0 Å². The van der Waals surface area contributed by atoms with Gasteiger partial charge in [-0.25, -0.2) is 4.79 Å². The molecule has 4 nitrogen and oxygen atoms in total. The van der Waals surface area contributed by atoms with Gasteiger partial charge >= 0.3 is 5.97 Å². The largest absolute Gasteiger partial charge is 0.426 e. The normalized spacial score (nSPS) is 56.3. The van der Waals surface area contributed by atoms with Gasteiger partial charge < -0.3 is 14.9 Å². The van der Waals surface area contributed by atoms with Crippen molar-refractivity contribution in [3.05, 3.63) is 11.1 Å². The van der Waals surface area contributed by atoms with Gasteiger partial charge in [0.2, 0.25) is 5.79 Å². The Morgan fingerprint density at radius 1 is 0.968 bits per heavy atom. The zero-order valence-corrected chi connectivity index (χ0v) is 20.4. The lowest BCUT2D eigenvalue weighted by Crippen LogP contribution is -2.65. The summed E-state index contributed by atoms with van der Waals surface area (Å²) in [6, 6.07) is 0. The SMILES string of the molecule is CCC1(C)CCCC2(C)C1CCC1(C)C2CC(O)C2(C)C3=C(CCC12)C(C)(O)OC3=O. The first-order valence-corrected chi connectivity index (χ1v) is 12.7. The molecule has 5 aliphatic rings. The molecule has 9 unspecified atom stereocenters. The Hall–Kier alpha value is -0.870. The van der Waals surface area contributed by atoms with E-state index < -0.39 is 23.3 Å². The second-order valence-electron chi connectivity index (χ2n) is 12.9. The number of ether oxygens (including phenoxy) is 1. The number of aliphatic hydroxyl groups is 2. The highest BCUT2D eigenvalue weighted by Crippen LogP contribution is 2.74. The second-order valence-corrected chi connectivity index (χ2v) is 12.9. The van der Waals surface area contributed by atoms with Crippen LogP contribution in [0.3, 0.4) is 0 Å². The van der Waals surface area contributed by atoms with Crippen LogP contribution in [-0.4, -0.2) is 28.1 Å². The van der Waals surface area contributed by atoms with E-state index in [0.29, 0.717) is 34.8 Å². The van der Waals surface area contributed by atoms with Gasteiger partial charge in [-0.2, -0.15) is 0 Å². The Kier molecular flexibility index (Phi) is 4.51. The number of carbonyl (C=O) groups is 1. The zero-order valence-electron chi connectivity index (χ0n) is 20.4. The van der Waals surface area contributed by atoms with Crippen LogP contribution in [0.2, 0.25) is 0 Å². The third-order valence-electron chi connectivity index (χ3n) is 11.7. The Morgan fingerprint density at radius 2 is 1.65 bits per heavy atom. The number of cyclic esters (lactones) is 1. The van der Waals surface area contributed by atoms with Gasteiger partial charge in [-0.15, -0.1) is 0 Å². The molecule has 0 spiro atoms. The summed E-state index contributed by atoms with van der Waals surface area (Å²) >= 11 is 0. The lowest BCUT2D eigenvalue weighted by Gasteiger charge is -2.70. The van der Waals surface area contributed by atoms with Crippen LogP contribution in [-0.2, 0) is 9.53 Å². The van der Waals surface area contributed by atoms with Crippen LogP contribution in [0.4, 0.5) is 0 Å². The van der Waals surface area contributed by atoms with E-state index in [9.17, 15) is 15.0 Å². The number of hydrogen-bond donors (Lipinski definition) is 2. The topological polar surface area (TPSA) is 66.8 Å². The number of carbonyl (C=O) groups excluding carboxylic acids is 1. The van der Waals surface area contributed by atoms with Gasteiger partial charge in [0.15, 0.2) is 0 Å². The molecule has 1 aliphatic heterocycles. The fourth-order valence-corrected chi connectivity index (χ4v) is 10.1. The number of rotatable bonds is 1. The minimum absolute atomic E-state index is 0.0957. The third kappa shape index (κ3) is 2.53. The number of esters is 1. The van der Waals surface area contributed by atoms with Crippen molar-refractivity contribution in [1.82, 2.24) is 0 Å². The highest BCUT2D eigenvalue weighted by Gasteiger charge is 2.69. The Balaban J connectivity index is 1.60. The molecule has 0 amide bonds. The fraction of sp³-hybridized carbons (Fsp3) is 0.889. The molecular formula is C27H42O4. The highest BCUT2D eigenvalue weighted by molar-refractivity contribution is 5.94. The summed E-state index contributed by atoms with van der Waals surface area (Å²) in [5.41, 5.74) is 1.41. The molecule has 0 radical (unpaired) electrons. The maximum atomic E-state index is 13.0. The zero-order chi connectivity index (χ0) is 22.6. The van der Waals surface area contributed by atoms with E-state index in [1.165, 1.54) is 38.5 Å². The fourth-order valence-electron chi connectivity index (χ4n) is 10.1. The van der Waals surface area contributed by atoms with Gasteiger partial charge in [0.25, 0.3) is 0 Å². The average molecular weight is 431 g/mol. The molecular weight excluding hydrogens is 388 g/mol. The van der Waals surface area contributed by atoms with Crippen molar-refractivity contribution in [3.8, 4) is 0 Å². The molecule has 0 bridgehead atoms. The van der Waals surface area contributed by atoms with Crippen molar-refractivity contribution in [3.63, 3.8) is 0 Å². The van der Waals surface area contributed by atoms with Crippen molar-refractivity contribution >= 4 is 5.97 Å². The van der Waals surface area contributed by atoms with Crippen LogP contribution >= 0.6 is 0 Å². The molecule has 3 fully saturated rings. The Labute approximate surface area is 187 Å². The minimum Gasteiger partial charge on any atom is -0.426 e. The summed E-state index contributed by atoms with van der Waals surface area (Å²) in [6.45, 7) is 13.5. The van der Waals surface area contributed by atoms with Crippen molar-refractivity contribution in [2.45, 2.75) is 111 Å². The molecule has 5 rings (SSSR count). The smallest absolute Gasteiger partial charge is 0.337 e. The first-order valence-electron chi connectivity index (χ1n) is 12.7. The molecule has 4 aliphatic carbocycles. The van der Waals surface area contributed by atoms with Gasteiger partial charge in [0.05, 0.1) is 11.7 Å². The summed E-state index contributed by atoms with van der Waals surface area (Å²) in [7, 11) is 0. The minimum atomic E-state index is -1.52. The van der Waals surface area contributed by atoms with E-state index in [0.717, 1.165) is 12.8 Å². The first-order chi connectivity index (χ1) is 14.3. The van der Waals surface area contributed by atoms with Gasteiger partial charge in [0.1, 0.15) is 0 Å². The number of hydrogen-bond acceptors (Lipinski definition) is 4. The van der Waals surface area contributed by atoms with Gasteiger partial charge in [-0.1, -0.05) is 47.5 Å². The molecule has 174 valence electrons. The molecule has 0 aromatic rings. The standard InChI is InChI=1S/C27H42O4/c1-7-23(2)12-8-13-24(3)17(23)11-14-25(4)18-10-9-16-21(22(29)31-27(16,6)30)26(18,5)20(28)15-19(24)25/h17-20,28,30H,7-15H2,1-6H3. The summed E-state index contributed by atoms with van der Waals surface area (Å²) in [4.78, 5) is 13.0. The predicted octanol–water partition coefficient (Wildman–Crippen LogP) is 5.37. The lowest BCUT2D eigenvalue weighted by atomic mass is 9.35. The van der Waals surface area contributed by atoms with Crippen LogP contribution in [0.1, 0.15) is 99.3 Å². The van der Waals surface area contributed by atoms with E-state index in [2.05, 4.69) is 34.6 Å². The molecule has 0 saturated heterocycles. The second kappa shape index (κ2) is 6.38. The van der Waals surface area contributed by atoms with Gasteiger partial charge in [0, 0.05) is 17.9 Å². The summed E-state index contributed by atoms with van der Waals surface area (Å²) < 4.78 is 5.41. The van der Waals surface area contributed by atoms with Crippen LogP contribution in [0, 0.1) is 39.4 Å². The molecule has 3 saturated carbocycles. The summed E-state index contributed by atoms with van der Waals surface area (Å²) in [6.07, 6.45) is 9.31. The maximum absolute atomic E-state index is 13.0. The Morgan fingerprint density at radius 3 is 2.32 bits per heavy atom. The monoisotopic (exact) mass is 430 g/mol. The van der Waals surface area contributed by atoms with E-state index >= 15 is 0 Å². The van der Waals surface area contributed by atoms with Crippen molar-refractivity contribution in [2.24, 2.45) is 39.4 Å². The van der Waals surface area contributed by atoms with Crippen molar-refractivity contribution in [1.29, 1.82) is 0 Å². The molecule has 0 aromatic carbocycles. The molecule has 9 atom stereocenters. The quantitative estimate of drug-likeness (QED) is 0.549. The van der Waals surface area contributed by atoms with Crippen molar-refractivity contribution in [2.75, 3.05) is 0 Å². The lowest BCUT2D eigenvalue weighted by molar-refractivity contribution is -0.220. The highest BCUT2D eigenvalue weighted by atomic mass is 16.7. The predicted molar refractivity (Wildman–Crippen MR) is 120 cm³/mol. The molecule has 31 heavy (non-hydrogen) atoms. The molecule has 4 heteroatoms. The van der Waals surface area contributed by atoms with Crippen LogP contribution in [0.25, 0.3) is 0 Å². The van der Waals surface area contributed by atoms with E-state index in [4.69, 9.17) is 4.74 Å². The van der Waals surface area contributed by atoms with Crippen LogP contribution in [0.15, 0.2) is 11.1 Å². The molecule has 1 heterocycles. The molecule has 0 aromatic heterocycles. The molecule has 2 N–H and O–H groups in total. The van der Waals surface area contributed by atoms with Gasteiger partial charge in [-0.05, 0) is 78.9 Å². The maximum Gasteiger partial charge on any atom is 0.337 e. The van der Waals surface area contributed by atoms with E-state index in [-0.39, 0.29) is 16.7 Å². The van der Waals surface area contributed by atoms with Crippen LogP contribution < -0.4 is 0 Å². The first kappa shape index (κ1) is 21.9. The third-order valence-corrected chi connectivity index (χ3v) is 11.7. The number of fused-ring (bicyclic) bond motifs is 6. The van der Waals surface area contributed by atoms with E-state index in [1.54, 1.807) is 6.92 Å². The average Bonchev–Trinajstić information content (AvgIpc) is 2.93. The van der Waals surface area contributed by atoms with E-state index in [1.807, 2.05) is 0 Å². The van der Waals surface area contributed by atoms with Crippen LogP contribution in [0.5, 0.6) is 0 Å². The Bertz CT molecular complexity index is 844. The van der Waals surface area contributed by atoms with Crippen molar-refractivity contribution < 1.29 is 19.7 Å². The summed E-state index contributed by atoms with van der Waals surface area (Å²) in [5.74, 6) is -0.513. The number of aliphatic hydroxyl groups excluding tert-OH is 1. The summed E-state index contributed by atoms with van der Waals surface area (Å²) in [5, 5.41) is 22.5.